The number of halogens is 3. The first-order valence-electron chi connectivity index (χ1n) is 9.96. The van der Waals surface area contributed by atoms with Crippen molar-refractivity contribution < 1.29 is 32.6 Å². The predicted octanol–water partition coefficient (Wildman–Crippen LogP) is 3.69. The number of amides is 4. The van der Waals surface area contributed by atoms with Crippen LogP contribution in [0.15, 0.2) is 36.4 Å². The number of carbonyl (C=O) groups is 2. The Kier molecular flexibility index (Phi) is 5.83. The summed E-state index contributed by atoms with van der Waals surface area (Å²) in [6.07, 6.45) is -4.07. The largest absolute Gasteiger partial charge is 0.493 e. The third kappa shape index (κ3) is 4.57. The summed E-state index contributed by atoms with van der Waals surface area (Å²) >= 11 is 0. The number of anilines is 2. The van der Waals surface area contributed by atoms with E-state index in [1.54, 1.807) is 18.2 Å². The number of ether oxygens (including phenoxy) is 1. The van der Waals surface area contributed by atoms with Crippen LogP contribution < -0.4 is 20.7 Å². The third-order valence-corrected chi connectivity index (χ3v) is 5.31. The standard InChI is InChI=1S/C21H21F3N4O4/c22-21(23,24)13-2-4-15-16(5-8-32-18(15)9-13)26-19(30)25-14-3-1-12-11-28(6-7-29)20(31)27-17(12)10-14/h1-4,9-10,16,29H,5-8,11H2,(H,27,31)(H2,25,26,30)/t16-/m1/s1. The van der Waals surface area contributed by atoms with Gasteiger partial charge in [0.1, 0.15) is 5.75 Å². The predicted molar refractivity (Wildman–Crippen MR) is 109 cm³/mol. The van der Waals surface area contributed by atoms with Gasteiger partial charge in [-0.3, -0.25) is 0 Å². The Morgan fingerprint density at radius 3 is 2.81 bits per heavy atom. The van der Waals surface area contributed by atoms with Gasteiger partial charge in [0.05, 0.1) is 24.8 Å². The van der Waals surface area contributed by atoms with E-state index in [9.17, 15) is 22.8 Å². The van der Waals surface area contributed by atoms with Gasteiger partial charge in [-0.2, -0.15) is 13.2 Å². The zero-order valence-corrected chi connectivity index (χ0v) is 16.8. The Balaban J connectivity index is 1.43. The van der Waals surface area contributed by atoms with E-state index < -0.39 is 23.8 Å². The average molecular weight is 450 g/mol. The number of carbonyl (C=O) groups excluding carboxylic acids is 2. The maximum absolute atomic E-state index is 12.9. The summed E-state index contributed by atoms with van der Waals surface area (Å²) in [5.41, 5.74) is 1.49. The van der Waals surface area contributed by atoms with Gasteiger partial charge in [0.15, 0.2) is 0 Å². The van der Waals surface area contributed by atoms with E-state index in [4.69, 9.17) is 9.84 Å². The van der Waals surface area contributed by atoms with Gasteiger partial charge in [-0.05, 0) is 29.8 Å². The molecule has 11 heteroatoms. The molecule has 32 heavy (non-hydrogen) atoms. The number of alkyl halides is 3. The molecule has 4 amide bonds. The lowest BCUT2D eigenvalue weighted by atomic mass is 9.98. The van der Waals surface area contributed by atoms with Crippen molar-refractivity contribution in [3.63, 3.8) is 0 Å². The number of urea groups is 2. The zero-order chi connectivity index (χ0) is 22.9. The highest BCUT2D eigenvalue weighted by Crippen LogP contribution is 2.38. The number of nitrogens with one attached hydrogen (secondary N) is 3. The van der Waals surface area contributed by atoms with E-state index in [2.05, 4.69) is 16.0 Å². The molecule has 0 saturated carbocycles. The fourth-order valence-corrected chi connectivity index (χ4v) is 3.72. The summed E-state index contributed by atoms with van der Waals surface area (Å²) in [5, 5.41) is 17.2. The molecule has 0 fully saturated rings. The van der Waals surface area contributed by atoms with Crippen LogP contribution >= 0.6 is 0 Å². The first-order valence-corrected chi connectivity index (χ1v) is 9.96. The van der Waals surface area contributed by atoms with Crippen molar-refractivity contribution in [3.05, 3.63) is 53.1 Å². The highest BCUT2D eigenvalue weighted by Gasteiger charge is 2.33. The lowest BCUT2D eigenvalue weighted by Gasteiger charge is -2.29. The first-order chi connectivity index (χ1) is 15.2. The molecule has 2 aliphatic heterocycles. The van der Waals surface area contributed by atoms with Crippen LogP contribution in [-0.2, 0) is 12.7 Å². The van der Waals surface area contributed by atoms with Crippen LogP contribution in [0.2, 0.25) is 0 Å². The van der Waals surface area contributed by atoms with Gasteiger partial charge in [-0.1, -0.05) is 12.1 Å². The Morgan fingerprint density at radius 1 is 1.25 bits per heavy atom. The number of benzene rings is 2. The number of hydrogen-bond acceptors (Lipinski definition) is 4. The Labute approximate surface area is 181 Å². The smallest absolute Gasteiger partial charge is 0.416 e. The number of fused-ring (bicyclic) bond motifs is 2. The molecule has 2 aromatic carbocycles. The minimum atomic E-state index is -4.48. The number of aliphatic hydroxyl groups is 1. The molecule has 0 spiro atoms. The molecule has 0 bridgehead atoms. The molecule has 4 N–H and O–H groups in total. The topological polar surface area (TPSA) is 103 Å². The number of nitrogens with zero attached hydrogens (tertiary/aromatic N) is 1. The van der Waals surface area contributed by atoms with E-state index >= 15 is 0 Å². The van der Waals surface area contributed by atoms with Gasteiger partial charge < -0.3 is 30.7 Å². The van der Waals surface area contributed by atoms with Crippen LogP contribution in [0, 0.1) is 0 Å². The average Bonchev–Trinajstić information content (AvgIpc) is 2.74. The zero-order valence-electron chi connectivity index (χ0n) is 16.8. The van der Waals surface area contributed by atoms with E-state index in [0.717, 1.165) is 17.7 Å². The number of β-amino-alcohol motifs (C(OH)–C–C–N with tert-alkyl or cyclic N) is 1. The van der Waals surface area contributed by atoms with Crippen molar-refractivity contribution in [1.82, 2.24) is 10.2 Å². The molecule has 4 rings (SSSR count). The fraction of sp³-hybridized carbons (Fsp3) is 0.333. The van der Waals surface area contributed by atoms with E-state index in [-0.39, 0.29) is 31.5 Å². The third-order valence-electron chi connectivity index (χ3n) is 5.31. The van der Waals surface area contributed by atoms with Crippen LogP contribution in [0.5, 0.6) is 5.75 Å². The number of rotatable bonds is 4. The summed E-state index contributed by atoms with van der Waals surface area (Å²) in [4.78, 5) is 26.1. The second-order valence-electron chi connectivity index (χ2n) is 7.49. The molecule has 0 radical (unpaired) electrons. The molecular formula is C21H21F3N4O4. The van der Waals surface area contributed by atoms with Gasteiger partial charge in [0, 0.05) is 36.4 Å². The molecule has 170 valence electrons. The van der Waals surface area contributed by atoms with E-state index in [1.807, 2.05) is 0 Å². The van der Waals surface area contributed by atoms with Crippen molar-refractivity contribution >= 4 is 23.4 Å². The second kappa shape index (κ2) is 8.58. The molecule has 1 atom stereocenters. The Morgan fingerprint density at radius 2 is 2.06 bits per heavy atom. The van der Waals surface area contributed by atoms with Gasteiger partial charge in [0.2, 0.25) is 0 Å². The van der Waals surface area contributed by atoms with Crippen molar-refractivity contribution in [3.8, 4) is 5.75 Å². The van der Waals surface area contributed by atoms with Crippen molar-refractivity contribution in [1.29, 1.82) is 0 Å². The van der Waals surface area contributed by atoms with Crippen molar-refractivity contribution in [2.75, 3.05) is 30.4 Å². The monoisotopic (exact) mass is 450 g/mol. The number of aliphatic hydroxyl groups excluding tert-OH is 1. The van der Waals surface area contributed by atoms with Gasteiger partial charge in [-0.25, -0.2) is 9.59 Å². The normalized spacial score (nSPS) is 17.6. The molecule has 0 aromatic heterocycles. The summed E-state index contributed by atoms with van der Waals surface area (Å²) in [6.45, 7) is 0.585. The molecule has 0 aliphatic carbocycles. The Hall–Kier alpha value is -3.47. The van der Waals surface area contributed by atoms with Gasteiger partial charge >= 0.3 is 18.2 Å². The lowest BCUT2D eigenvalue weighted by Crippen LogP contribution is -2.40. The molecule has 2 heterocycles. The number of hydrogen-bond donors (Lipinski definition) is 4. The minimum Gasteiger partial charge on any atom is -0.493 e. The summed E-state index contributed by atoms with van der Waals surface area (Å²) < 4.78 is 44.2. The molecular weight excluding hydrogens is 429 g/mol. The van der Waals surface area contributed by atoms with Gasteiger partial charge in [0.25, 0.3) is 0 Å². The highest BCUT2D eigenvalue weighted by molar-refractivity contribution is 5.95. The van der Waals surface area contributed by atoms with Crippen LogP contribution in [0.25, 0.3) is 0 Å². The summed E-state index contributed by atoms with van der Waals surface area (Å²) in [7, 11) is 0. The maximum Gasteiger partial charge on any atom is 0.416 e. The van der Waals surface area contributed by atoms with E-state index in [1.165, 1.54) is 11.0 Å². The van der Waals surface area contributed by atoms with Crippen LogP contribution in [0.1, 0.15) is 29.2 Å². The lowest BCUT2D eigenvalue weighted by molar-refractivity contribution is -0.137. The highest BCUT2D eigenvalue weighted by atomic mass is 19.4. The minimum absolute atomic E-state index is 0.0975. The van der Waals surface area contributed by atoms with Crippen LogP contribution in [0.4, 0.5) is 34.1 Å². The molecule has 8 nitrogen and oxygen atoms in total. The maximum atomic E-state index is 12.9. The molecule has 0 saturated heterocycles. The van der Waals surface area contributed by atoms with Crippen molar-refractivity contribution in [2.45, 2.75) is 25.2 Å². The summed E-state index contributed by atoms with van der Waals surface area (Å²) in [5.74, 6) is 0.0975. The van der Waals surface area contributed by atoms with Crippen molar-refractivity contribution in [2.24, 2.45) is 0 Å². The molecule has 2 aliphatic rings. The SMILES string of the molecule is O=C(Nc1ccc2c(c1)NC(=O)N(CCO)C2)N[C@@H]1CCOc2cc(C(F)(F)F)ccc21. The fourth-order valence-electron chi connectivity index (χ4n) is 3.72. The van der Waals surface area contributed by atoms with E-state index in [0.29, 0.717) is 29.9 Å². The van der Waals surface area contributed by atoms with Gasteiger partial charge in [-0.15, -0.1) is 0 Å². The Bertz CT molecular complexity index is 1040. The van der Waals surface area contributed by atoms with Crippen LogP contribution in [0.3, 0.4) is 0 Å². The quantitative estimate of drug-likeness (QED) is 0.571. The second-order valence-corrected chi connectivity index (χ2v) is 7.49. The molecule has 0 unspecified atom stereocenters. The molecule has 2 aromatic rings. The van der Waals surface area contributed by atoms with Crippen LogP contribution in [-0.4, -0.2) is 41.8 Å². The first kappa shape index (κ1) is 21.8. The summed E-state index contributed by atoms with van der Waals surface area (Å²) in [6, 6.07) is 6.89.